The smallest absolute Gasteiger partial charge is 0.238 e. The quantitative estimate of drug-likeness (QED) is 0.712. The molecule has 31 heavy (non-hydrogen) atoms. The number of aromatic nitrogens is 4. The Bertz CT molecular complexity index is 1050. The molecule has 0 aromatic carbocycles. The molecule has 2 aliphatic heterocycles. The summed E-state index contributed by atoms with van der Waals surface area (Å²) < 4.78 is 18.1. The molecule has 9 nitrogen and oxygen atoms in total. The lowest BCUT2D eigenvalue weighted by Crippen LogP contribution is -2.48. The van der Waals surface area contributed by atoms with E-state index in [1.807, 2.05) is 6.20 Å². The van der Waals surface area contributed by atoms with Crippen molar-refractivity contribution in [3.63, 3.8) is 0 Å². The molecule has 1 saturated carbocycles. The second kappa shape index (κ2) is 7.37. The van der Waals surface area contributed by atoms with Gasteiger partial charge in [-0.3, -0.25) is 4.21 Å². The molecule has 2 aliphatic carbocycles. The fourth-order valence-corrected chi connectivity index (χ4v) is 5.74. The molecular formula is C21H26N6O3S. The number of nitrogens with one attached hydrogen (secondary N) is 1. The van der Waals surface area contributed by atoms with E-state index in [0.717, 1.165) is 63.9 Å². The highest BCUT2D eigenvalue weighted by atomic mass is 32.2. The van der Waals surface area contributed by atoms with Crippen LogP contribution in [0.5, 0.6) is 5.88 Å². The highest BCUT2D eigenvalue weighted by Crippen LogP contribution is 2.40. The highest BCUT2D eigenvalue weighted by molar-refractivity contribution is 7.85. The van der Waals surface area contributed by atoms with Gasteiger partial charge in [0, 0.05) is 30.9 Å². The number of nitrogens with zero attached hydrogens (tertiary/aromatic N) is 5. The van der Waals surface area contributed by atoms with Crippen molar-refractivity contribution in [2.75, 3.05) is 35.9 Å². The third kappa shape index (κ3) is 3.27. The third-order valence-corrected chi connectivity index (χ3v) is 8.25. The van der Waals surface area contributed by atoms with Crippen molar-refractivity contribution in [1.82, 2.24) is 19.9 Å². The molecule has 1 atom stereocenters. The first-order valence-electron chi connectivity index (χ1n) is 11.1. The van der Waals surface area contributed by atoms with Crippen LogP contribution < -0.4 is 15.0 Å². The summed E-state index contributed by atoms with van der Waals surface area (Å²) >= 11 is 0. The van der Waals surface area contributed by atoms with Gasteiger partial charge in [0.1, 0.15) is 21.5 Å². The average molecular weight is 443 g/mol. The molecule has 6 rings (SSSR count). The van der Waals surface area contributed by atoms with E-state index in [0.29, 0.717) is 28.5 Å². The molecule has 1 saturated heterocycles. The lowest BCUT2D eigenvalue weighted by atomic mass is 9.77. The Morgan fingerprint density at radius 2 is 2.06 bits per heavy atom. The Hall–Kier alpha value is -2.33. The largest absolute Gasteiger partial charge is 0.463 e. The summed E-state index contributed by atoms with van der Waals surface area (Å²) in [4.78, 5) is 21.4. The lowest BCUT2D eigenvalue weighted by Gasteiger charge is -2.41. The van der Waals surface area contributed by atoms with Crippen LogP contribution in [-0.2, 0) is 23.6 Å². The molecule has 0 radical (unpaired) electrons. The van der Waals surface area contributed by atoms with Crippen LogP contribution in [0, 0.1) is 0 Å². The third-order valence-electron chi connectivity index (χ3n) is 7.10. The number of hydrogen-bond acceptors (Lipinski definition) is 9. The van der Waals surface area contributed by atoms with Crippen LogP contribution in [0.3, 0.4) is 0 Å². The number of aliphatic hydroxyl groups excluding tert-OH is 1. The van der Waals surface area contributed by atoms with Gasteiger partial charge in [0.05, 0.1) is 12.1 Å². The van der Waals surface area contributed by atoms with Gasteiger partial charge in [0.15, 0.2) is 11.8 Å². The number of ether oxygens (including phenoxy) is 1. The van der Waals surface area contributed by atoms with Crippen molar-refractivity contribution < 1.29 is 14.1 Å². The Morgan fingerprint density at radius 3 is 2.71 bits per heavy atom. The minimum atomic E-state index is -1.29. The number of aryl methyl sites for hydroxylation is 2. The number of anilines is 2. The van der Waals surface area contributed by atoms with E-state index in [9.17, 15) is 9.32 Å². The van der Waals surface area contributed by atoms with Crippen LogP contribution in [0.4, 0.5) is 11.8 Å². The Labute approximate surface area is 183 Å². The van der Waals surface area contributed by atoms with E-state index in [-0.39, 0.29) is 18.1 Å². The summed E-state index contributed by atoms with van der Waals surface area (Å²) in [5.74, 6) is 2.94. The van der Waals surface area contributed by atoms with Crippen molar-refractivity contribution in [3.8, 4) is 5.88 Å². The maximum absolute atomic E-state index is 12.5. The summed E-state index contributed by atoms with van der Waals surface area (Å²) in [5, 5.41) is 13.3. The van der Waals surface area contributed by atoms with E-state index in [1.54, 1.807) is 0 Å². The van der Waals surface area contributed by atoms with Gasteiger partial charge in [0.2, 0.25) is 11.8 Å². The number of hydrogen-bond donors (Lipinski definition) is 2. The van der Waals surface area contributed by atoms with Gasteiger partial charge < -0.3 is 20.1 Å². The Balaban J connectivity index is 1.23. The Morgan fingerprint density at radius 1 is 1.23 bits per heavy atom. The number of aliphatic hydroxyl groups is 1. The zero-order valence-electron chi connectivity index (χ0n) is 17.3. The summed E-state index contributed by atoms with van der Waals surface area (Å²) in [6, 6.07) is 0. The number of rotatable bonds is 5. The summed E-state index contributed by atoms with van der Waals surface area (Å²) in [7, 11) is -1.29. The average Bonchev–Trinajstić information content (AvgIpc) is 3.13. The molecule has 0 spiro atoms. The topological polar surface area (TPSA) is 113 Å². The molecule has 4 heterocycles. The van der Waals surface area contributed by atoms with Gasteiger partial charge >= 0.3 is 0 Å². The molecule has 4 aliphatic rings. The molecule has 2 aromatic rings. The maximum Gasteiger partial charge on any atom is 0.238 e. The first kappa shape index (κ1) is 19.4. The van der Waals surface area contributed by atoms with Crippen LogP contribution in [0.1, 0.15) is 55.1 Å². The Kier molecular flexibility index (Phi) is 4.60. The van der Waals surface area contributed by atoms with E-state index >= 15 is 0 Å². The molecule has 2 N–H and O–H groups in total. The van der Waals surface area contributed by atoms with Crippen LogP contribution in [0.25, 0.3) is 0 Å². The predicted molar refractivity (Wildman–Crippen MR) is 115 cm³/mol. The second-order valence-corrected chi connectivity index (χ2v) is 10.3. The van der Waals surface area contributed by atoms with E-state index < -0.39 is 10.8 Å². The zero-order valence-corrected chi connectivity index (χ0v) is 18.2. The summed E-state index contributed by atoms with van der Waals surface area (Å²) in [6.07, 6.45) is 8.85. The number of fused-ring (bicyclic) bond motifs is 2. The first-order valence-corrected chi connectivity index (χ1v) is 12.4. The molecule has 0 amide bonds. The monoisotopic (exact) mass is 442 g/mol. The first-order chi connectivity index (χ1) is 15.1. The van der Waals surface area contributed by atoms with Crippen molar-refractivity contribution in [2.24, 2.45) is 0 Å². The molecule has 2 aromatic heterocycles. The van der Waals surface area contributed by atoms with Crippen molar-refractivity contribution >= 4 is 22.6 Å². The normalized spacial score (nSPS) is 23.9. The minimum absolute atomic E-state index is 0.0285. The number of piperidine rings is 1. The predicted octanol–water partition coefficient (Wildman–Crippen LogP) is 1.53. The van der Waals surface area contributed by atoms with Crippen LogP contribution in [0.2, 0.25) is 0 Å². The van der Waals surface area contributed by atoms with Gasteiger partial charge in [-0.25, -0.2) is 9.97 Å². The second-order valence-electron chi connectivity index (χ2n) is 8.99. The van der Waals surface area contributed by atoms with Gasteiger partial charge in [-0.05, 0) is 50.5 Å². The minimum Gasteiger partial charge on any atom is -0.463 e. The van der Waals surface area contributed by atoms with E-state index in [1.165, 1.54) is 11.3 Å². The van der Waals surface area contributed by atoms with Crippen LogP contribution in [0.15, 0.2) is 11.1 Å². The SMILES string of the molecule is O=[S@]1COc2nc(N3CCC(c4ncc5c(n4)CC5)CC3)nc(NC3(CO)CCC3)c21. The van der Waals surface area contributed by atoms with Crippen molar-refractivity contribution in [2.45, 2.75) is 61.3 Å². The summed E-state index contributed by atoms with van der Waals surface area (Å²) in [5.41, 5.74) is 2.12. The highest BCUT2D eigenvalue weighted by Gasteiger charge is 2.39. The molecule has 164 valence electrons. The molecule has 2 fully saturated rings. The fourth-order valence-electron chi connectivity index (χ4n) is 4.79. The standard InChI is InChI=1S/C21H26N6O3S/c28-11-21(6-1-7-21)26-18-16-19(30-12-31(16)29)25-20(24-18)27-8-4-13(5-9-27)17-22-10-14-2-3-15(14)23-17/h10,13,28H,1-9,11-12H2,(H,24,25,26)/t31-/m0/s1. The van der Waals surface area contributed by atoms with Crippen molar-refractivity contribution in [3.05, 3.63) is 23.3 Å². The van der Waals surface area contributed by atoms with Gasteiger partial charge in [-0.15, -0.1) is 0 Å². The summed E-state index contributed by atoms with van der Waals surface area (Å²) in [6.45, 7) is 1.63. The van der Waals surface area contributed by atoms with E-state index in [2.05, 4.69) is 20.2 Å². The van der Waals surface area contributed by atoms with Crippen LogP contribution in [-0.4, -0.2) is 60.4 Å². The lowest BCUT2D eigenvalue weighted by molar-refractivity contribution is 0.143. The van der Waals surface area contributed by atoms with Crippen LogP contribution >= 0.6 is 0 Å². The molecular weight excluding hydrogens is 416 g/mol. The molecule has 0 bridgehead atoms. The van der Waals surface area contributed by atoms with Gasteiger partial charge in [0.25, 0.3) is 0 Å². The maximum atomic E-state index is 12.5. The molecule has 0 unspecified atom stereocenters. The van der Waals surface area contributed by atoms with Gasteiger partial charge in [-0.2, -0.15) is 9.97 Å². The van der Waals surface area contributed by atoms with Crippen molar-refractivity contribution in [1.29, 1.82) is 0 Å². The van der Waals surface area contributed by atoms with E-state index in [4.69, 9.17) is 14.7 Å². The fraction of sp³-hybridized carbons (Fsp3) is 0.619. The zero-order chi connectivity index (χ0) is 21.0. The van der Waals surface area contributed by atoms with Gasteiger partial charge in [-0.1, -0.05) is 0 Å². The molecule has 10 heteroatoms.